The highest BCUT2D eigenvalue weighted by atomic mass is 35.5. The van der Waals surface area contributed by atoms with Gasteiger partial charge in [-0.2, -0.15) is 18.4 Å². The van der Waals surface area contributed by atoms with Crippen LogP contribution >= 0.6 is 23.2 Å². The van der Waals surface area contributed by atoms with Gasteiger partial charge in [0.25, 0.3) is 0 Å². The summed E-state index contributed by atoms with van der Waals surface area (Å²) in [7, 11) is 0. The molecule has 0 amide bonds. The summed E-state index contributed by atoms with van der Waals surface area (Å²) in [5, 5.41) is 30.5. The monoisotopic (exact) mass is 592 g/mol. The molecule has 0 aromatic heterocycles. The zero-order chi connectivity index (χ0) is 29.9. The number of benzene rings is 2. The molecule has 2 aromatic carbocycles. The largest absolute Gasteiger partial charge is 0.490 e. The maximum absolute atomic E-state index is 15.3. The van der Waals surface area contributed by atoms with Crippen molar-refractivity contribution in [3.63, 3.8) is 0 Å². The van der Waals surface area contributed by atoms with Crippen LogP contribution in [-0.4, -0.2) is 40.4 Å². The van der Waals surface area contributed by atoms with Crippen LogP contribution in [0.15, 0.2) is 49.1 Å². The van der Waals surface area contributed by atoms with Crippen molar-refractivity contribution < 1.29 is 41.8 Å². The molecule has 1 heterocycles. The number of alkyl halides is 3. The van der Waals surface area contributed by atoms with Crippen molar-refractivity contribution in [2.24, 2.45) is 5.41 Å². The molecule has 2 aromatic rings. The average molecular weight is 593 g/mol. The van der Waals surface area contributed by atoms with Crippen LogP contribution in [0.25, 0.3) is 0 Å². The van der Waals surface area contributed by atoms with Crippen LogP contribution in [0.5, 0.6) is 0 Å². The number of hydrogen-bond donors (Lipinski definition) is 3. The fraction of sp³-hybridized carbons (Fsp3) is 0.346. The third kappa shape index (κ3) is 6.69. The van der Waals surface area contributed by atoms with Crippen LogP contribution in [0.3, 0.4) is 0 Å². The lowest BCUT2D eigenvalue weighted by Crippen LogP contribution is -2.45. The molecule has 0 spiro atoms. The molecule has 0 saturated carbocycles. The van der Waals surface area contributed by atoms with E-state index in [1.165, 1.54) is 30.3 Å². The number of carboxylic acid groups (broad SMARTS) is 2. The van der Waals surface area contributed by atoms with Gasteiger partial charge >= 0.3 is 18.1 Å². The molecule has 4 atom stereocenters. The Balaban J connectivity index is 0.000000673. The van der Waals surface area contributed by atoms with Gasteiger partial charge in [-0.3, -0.25) is 10.1 Å². The second-order valence-electron chi connectivity index (χ2n) is 9.46. The van der Waals surface area contributed by atoms with E-state index >= 15 is 8.78 Å². The van der Waals surface area contributed by atoms with Gasteiger partial charge in [0.15, 0.2) is 0 Å². The molecule has 210 valence electrons. The zero-order valence-corrected chi connectivity index (χ0v) is 22.0. The molecular formula is C26H23Cl2F5N2O4. The number of allylic oxidation sites excluding steroid dienone is 1. The van der Waals surface area contributed by atoms with Crippen molar-refractivity contribution in [1.29, 1.82) is 5.26 Å². The summed E-state index contributed by atoms with van der Waals surface area (Å²) in [4.78, 5) is 21.2. The van der Waals surface area contributed by atoms with Gasteiger partial charge in [-0.25, -0.2) is 13.6 Å². The summed E-state index contributed by atoms with van der Waals surface area (Å²) < 4.78 is 62.2. The van der Waals surface area contributed by atoms with Gasteiger partial charge < -0.3 is 10.2 Å². The number of halogens is 7. The lowest BCUT2D eigenvalue weighted by Gasteiger charge is -2.37. The van der Waals surface area contributed by atoms with E-state index in [9.17, 15) is 28.3 Å². The standard InChI is InChI=1S/C24H22Cl2F2N2O2.C2HF3O2/c1-4-23(2,3)11-18-24(12-29,15-9-8-13(25)10-17(15)27)19(21(30-18)22(31)32)14-6-5-7-16(26)20(14)28;3-2(4,5)1(6)7/h4-10,18-19,21,30H,1,11H2,2-3H3,(H,31,32);(H,6,7)/t18-,19-,21+,24-;/m0./s1. The first-order chi connectivity index (χ1) is 17.9. The smallest absolute Gasteiger partial charge is 0.480 e. The fourth-order valence-corrected chi connectivity index (χ4v) is 4.88. The van der Waals surface area contributed by atoms with Gasteiger partial charge in [0.2, 0.25) is 0 Å². The van der Waals surface area contributed by atoms with E-state index in [0.29, 0.717) is 0 Å². The van der Waals surface area contributed by atoms with Crippen molar-refractivity contribution in [3.05, 3.63) is 81.9 Å². The SMILES string of the molecule is C=CC(C)(C)C[C@@H]1N[C@@H](C(=O)O)[C@H](c2cccc(Cl)c2F)[C@@]1(C#N)c1ccc(Cl)cc1F.O=C(O)C(F)(F)F. The number of rotatable bonds is 6. The highest BCUT2D eigenvalue weighted by Crippen LogP contribution is 2.52. The quantitative estimate of drug-likeness (QED) is 0.262. The summed E-state index contributed by atoms with van der Waals surface area (Å²) in [6.45, 7) is 7.54. The van der Waals surface area contributed by atoms with E-state index in [0.717, 1.165) is 6.07 Å². The van der Waals surface area contributed by atoms with Gasteiger partial charge in [-0.15, -0.1) is 6.58 Å². The minimum atomic E-state index is -5.08. The lowest BCUT2D eigenvalue weighted by molar-refractivity contribution is -0.192. The highest BCUT2D eigenvalue weighted by Gasteiger charge is 2.61. The number of nitrogens with one attached hydrogen (secondary N) is 1. The molecule has 1 saturated heterocycles. The first kappa shape index (κ1) is 32.0. The first-order valence-corrected chi connectivity index (χ1v) is 11.9. The maximum atomic E-state index is 15.3. The number of hydrogen-bond acceptors (Lipinski definition) is 4. The van der Waals surface area contributed by atoms with Crippen molar-refractivity contribution >= 4 is 35.1 Å². The van der Waals surface area contributed by atoms with Gasteiger partial charge in [0, 0.05) is 22.5 Å². The van der Waals surface area contributed by atoms with E-state index in [4.69, 9.17) is 33.1 Å². The Morgan fingerprint density at radius 1 is 1.18 bits per heavy atom. The van der Waals surface area contributed by atoms with Crippen LogP contribution in [0.1, 0.15) is 37.3 Å². The van der Waals surface area contributed by atoms with E-state index in [1.54, 1.807) is 6.08 Å². The topological polar surface area (TPSA) is 110 Å². The number of carbonyl (C=O) groups is 2. The van der Waals surface area contributed by atoms with Gasteiger partial charge in [-0.1, -0.05) is 61.3 Å². The van der Waals surface area contributed by atoms with Crippen LogP contribution in [0.4, 0.5) is 22.0 Å². The Morgan fingerprint density at radius 2 is 1.77 bits per heavy atom. The Labute approximate surface area is 230 Å². The van der Waals surface area contributed by atoms with E-state index in [-0.39, 0.29) is 27.6 Å². The van der Waals surface area contributed by atoms with Crippen LogP contribution in [0.2, 0.25) is 10.0 Å². The molecule has 3 N–H and O–H groups in total. The molecule has 0 aliphatic carbocycles. The average Bonchev–Trinajstić information content (AvgIpc) is 3.14. The molecule has 1 aliphatic rings. The van der Waals surface area contributed by atoms with E-state index in [1.807, 2.05) is 13.8 Å². The summed E-state index contributed by atoms with van der Waals surface area (Å²) in [6.07, 6.45) is -3.16. The fourth-order valence-electron chi connectivity index (χ4n) is 4.54. The molecular weight excluding hydrogens is 570 g/mol. The zero-order valence-electron chi connectivity index (χ0n) is 20.5. The maximum Gasteiger partial charge on any atom is 0.490 e. The number of carboxylic acids is 2. The second kappa shape index (κ2) is 11.9. The Bertz CT molecular complexity index is 1310. The molecule has 39 heavy (non-hydrogen) atoms. The van der Waals surface area contributed by atoms with Crippen molar-refractivity contribution in [2.75, 3.05) is 0 Å². The van der Waals surface area contributed by atoms with Crippen molar-refractivity contribution in [3.8, 4) is 6.07 Å². The van der Waals surface area contributed by atoms with Crippen LogP contribution < -0.4 is 5.32 Å². The number of nitriles is 1. The first-order valence-electron chi connectivity index (χ1n) is 11.2. The molecule has 3 rings (SSSR count). The molecule has 1 aliphatic heterocycles. The van der Waals surface area contributed by atoms with Crippen LogP contribution in [0, 0.1) is 28.4 Å². The summed E-state index contributed by atoms with van der Waals surface area (Å²) >= 11 is 11.9. The summed E-state index contributed by atoms with van der Waals surface area (Å²) in [6, 6.07) is 7.98. The van der Waals surface area contributed by atoms with Gasteiger partial charge in [0.1, 0.15) is 23.1 Å². The molecule has 1 fully saturated rings. The van der Waals surface area contributed by atoms with E-state index in [2.05, 4.69) is 18.0 Å². The predicted molar refractivity (Wildman–Crippen MR) is 133 cm³/mol. The Hall–Kier alpha value is -3.20. The highest BCUT2D eigenvalue weighted by molar-refractivity contribution is 6.31. The third-order valence-electron chi connectivity index (χ3n) is 6.42. The Morgan fingerprint density at radius 3 is 2.23 bits per heavy atom. The molecule has 6 nitrogen and oxygen atoms in total. The summed E-state index contributed by atoms with van der Waals surface area (Å²) in [5.41, 5.74) is -2.45. The van der Waals surface area contributed by atoms with Gasteiger partial charge in [-0.05, 0) is 35.6 Å². The number of nitrogens with zero attached hydrogens (tertiary/aromatic N) is 1. The normalized spacial score (nSPS) is 22.8. The number of aliphatic carboxylic acids is 2. The molecule has 0 bridgehead atoms. The molecule has 0 radical (unpaired) electrons. The van der Waals surface area contributed by atoms with Crippen molar-refractivity contribution in [2.45, 2.75) is 49.9 Å². The molecule has 0 unspecified atom stereocenters. The Kier molecular flexibility index (Phi) is 9.77. The molecule has 13 heteroatoms. The minimum absolute atomic E-state index is 0.0603. The van der Waals surface area contributed by atoms with Crippen molar-refractivity contribution in [1.82, 2.24) is 5.32 Å². The lowest BCUT2D eigenvalue weighted by atomic mass is 9.62. The van der Waals surface area contributed by atoms with Gasteiger partial charge in [0.05, 0.1) is 11.1 Å². The summed E-state index contributed by atoms with van der Waals surface area (Å²) in [5.74, 6) is -6.94. The minimum Gasteiger partial charge on any atom is -0.480 e. The van der Waals surface area contributed by atoms with E-state index < -0.39 is 58.6 Å². The third-order valence-corrected chi connectivity index (χ3v) is 6.95. The van der Waals surface area contributed by atoms with Crippen LogP contribution in [-0.2, 0) is 15.0 Å². The predicted octanol–water partition coefficient (Wildman–Crippen LogP) is 6.48. The second-order valence-corrected chi connectivity index (χ2v) is 10.3.